The fourth-order valence-corrected chi connectivity index (χ4v) is 3.27. The minimum absolute atomic E-state index is 0.0618. The summed E-state index contributed by atoms with van der Waals surface area (Å²) in [7, 11) is -0.841. The molecule has 1 aliphatic rings. The summed E-state index contributed by atoms with van der Waals surface area (Å²) in [6.45, 7) is 7.87. The third kappa shape index (κ3) is 4.91. The highest BCUT2D eigenvalue weighted by Crippen LogP contribution is 2.07. The summed E-state index contributed by atoms with van der Waals surface area (Å²) in [5.41, 5.74) is 5.79. The maximum atomic E-state index is 11.8. The predicted molar refractivity (Wildman–Crippen MR) is 68.0 cm³/mol. The maximum absolute atomic E-state index is 11.8. The van der Waals surface area contributed by atoms with E-state index in [1.807, 2.05) is 6.92 Å². The lowest BCUT2D eigenvalue weighted by molar-refractivity contribution is -0.0141. The Morgan fingerprint density at radius 3 is 2.94 bits per heavy atom. The van der Waals surface area contributed by atoms with Crippen LogP contribution in [0.5, 0.6) is 0 Å². The summed E-state index contributed by atoms with van der Waals surface area (Å²) in [6.07, 6.45) is 1.01. The van der Waals surface area contributed by atoms with E-state index >= 15 is 0 Å². The van der Waals surface area contributed by atoms with Crippen molar-refractivity contribution in [3.05, 3.63) is 0 Å². The third-order valence-electron chi connectivity index (χ3n) is 2.97. The number of likely N-dealkylation sites (N-methyl/N-ethyl adjacent to an activating group) is 1. The second-order valence-electron chi connectivity index (χ2n) is 4.33. The van der Waals surface area contributed by atoms with Gasteiger partial charge >= 0.3 is 0 Å². The van der Waals surface area contributed by atoms with E-state index in [1.165, 1.54) is 0 Å². The average Bonchev–Trinajstić information content (AvgIpc) is 2.28. The first-order valence-corrected chi connectivity index (χ1v) is 7.59. The predicted octanol–water partition coefficient (Wildman–Crippen LogP) is 0.193. The second kappa shape index (κ2) is 7.37. The number of rotatable bonds is 6. The van der Waals surface area contributed by atoms with E-state index in [9.17, 15) is 4.21 Å². The van der Waals surface area contributed by atoms with Crippen LogP contribution in [0.15, 0.2) is 0 Å². The lowest BCUT2D eigenvalue weighted by atomic mass is 10.3. The molecule has 2 N–H and O–H groups in total. The zero-order chi connectivity index (χ0) is 12.0. The van der Waals surface area contributed by atoms with Gasteiger partial charge in [0.2, 0.25) is 0 Å². The summed E-state index contributed by atoms with van der Waals surface area (Å²) >= 11 is 0. The lowest BCUT2D eigenvalue weighted by Gasteiger charge is -2.31. The van der Waals surface area contributed by atoms with Crippen LogP contribution in [-0.2, 0) is 15.5 Å². The number of ether oxygens (including phenoxy) is 1. The number of nitrogens with two attached hydrogens (primary N) is 1. The van der Waals surface area contributed by atoms with Crippen molar-refractivity contribution in [3.8, 4) is 0 Å². The van der Waals surface area contributed by atoms with Crippen molar-refractivity contribution in [2.45, 2.75) is 32.4 Å². The van der Waals surface area contributed by atoms with E-state index < -0.39 is 10.8 Å². The first kappa shape index (κ1) is 14.1. The van der Waals surface area contributed by atoms with Crippen molar-refractivity contribution in [2.75, 3.05) is 37.7 Å². The van der Waals surface area contributed by atoms with Gasteiger partial charge in [-0.1, -0.05) is 13.8 Å². The number of morpholine rings is 1. The number of hydrogen-bond acceptors (Lipinski definition) is 4. The first-order valence-electron chi connectivity index (χ1n) is 6.10. The van der Waals surface area contributed by atoms with Crippen molar-refractivity contribution < 1.29 is 8.95 Å². The molecule has 0 amide bonds. The van der Waals surface area contributed by atoms with Crippen LogP contribution in [-0.4, -0.2) is 59.0 Å². The SMILES string of the molecule is CCC(N)CS(=O)CC1CN(CC)CCO1. The fourth-order valence-electron chi connectivity index (χ4n) is 1.80. The summed E-state index contributed by atoms with van der Waals surface area (Å²) in [6, 6.07) is 0.0618. The largest absolute Gasteiger partial charge is 0.375 e. The van der Waals surface area contributed by atoms with Crippen molar-refractivity contribution in [2.24, 2.45) is 5.73 Å². The van der Waals surface area contributed by atoms with Gasteiger partial charge in [0.15, 0.2) is 0 Å². The molecule has 3 atom stereocenters. The zero-order valence-electron chi connectivity index (χ0n) is 10.4. The van der Waals surface area contributed by atoms with Gasteiger partial charge < -0.3 is 10.5 Å². The van der Waals surface area contributed by atoms with Crippen LogP contribution >= 0.6 is 0 Å². The molecule has 0 spiro atoms. The smallest absolute Gasteiger partial charge is 0.0817 e. The van der Waals surface area contributed by atoms with E-state index in [0.29, 0.717) is 11.5 Å². The Hall–Kier alpha value is 0.0300. The van der Waals surface area contributed by atoms with E-state index in [0.717, 1.165) is 32.7 Å². The Morgan fingerprint density at radius 2 is 2.31 bits per heavy atom. The van der Waals surface area contributed by atoms with E-state index in [1.54, 1.807) is 0 Å². The van der Waals surface area contributed by atoms with E-state index in [2.05, 4.69) is 11.8 Å². The highest BCUT2D eigenvalue weighted by molar-refractivity contribution is 7.85. The molecular formula is C11H24N2O2S. The Balaban J connectivity index is 2.27. The molecule has 1 heterocycles. The van der Waals surface area contributed by atoms with Gasteiger partial charge in [0.1, 0.15) is 0 Å². The Labute approximate surface area is 101 Å². The molecule has 0 bridgehead atoms. The standard InChI is InChI=1S/C11H24N2O2S/c1-3-10(12)8-16(14)9-11-7-13(4-2)5-6-15-11/h10-11H,3-9,12H2,1-2H3. The molecule has 16 heavy (non-hydrogen) atoms. The molecule has 0 aliphatic carbocycles. The highest BCUT2D eigenvalue weighted by Gasteiger charge is 2.21. The minimum atomic E-state index is -0.841. The molecule has 0 aromatic rings. The van der Waals surface area contributed by atoms with Crippen molar-refractivity contribution in [1.29, 1.82) is 0 Å². The lowest BCUT2D eigenvalue weighted by Crippen LogP contribution is -2.45. The average molecular weight is 248 g/mol. The molecule has 4 nitrogen and oxygen atoms in total. The molecule has 0 saturated carbocycles. The van der Waals surface area contributed by atoms with Crippen LogP contribution in [0.2, 0.25) is 0 Å². The van der Waals surface area contributed by atoms with Gasteiger partial charge in [-0.15, -0.1) is 0 Å². The van der Waals surface area contributed by atoms with Gasteiger partial charge in [0.25, 0.3) is 0 Å². The van der Waals surface area contributed by atoms with E-state index in [-0.39, 0.29) is 12.1 Å². The first-order chi connectivity index (χ1) is 7.65. The van der Waals surface area contributed by atoms with Crippen LogP contribution in [0, 0.1) is 0 Å². The number of nitrogens with zero attached hydrogens (tertiary/aromatic N) is 1. The number of hydrogen-bond donors (Lipinski definition) is 1. The molecule has 3 unspecified atom stereocenters. The van der Waals surface area contributed by atoms with Crippen LogP contribution in [0.25, 0.3) is 0 Å². The summed E-state index contributed by atoms with van der Waals surface area (Å²) in [5.74, 6) is 1.23. The maximum Gasteiger partial charge on any atom is 0.0817 e. The van der Waals surface area contributed by atoms with Crippen LogP contribution in [0.4, 0.5) is 0 Å². The fraction of sp³-hybridized carbons (Fsp3) is 1.00. The van der Waals surface area contributed by atoms with Gasteiger partial charge in [-0.05, 0) is 13.0 Å². The minimum Gasteiger partial charge on any atom is -0.375 e. The molecule has 0 aromatic heterocycles. The van der Waals surface area contributed by atoms with Crippen molar-refractivity contribution in [3.63, 3.8) is 0 Å². The van der Waals surface area contributed by atoms with E-state index in [4.69, 9.17) is 10.5 Å². The molecule has 5 heteroatoms. The van der Waals surface area contributed by atoms with Gasteiger partial charge in [0.05, 0.1) is 18.5 Å². The molecule has 96 valence electrons. The third-order valence-corrected chi connectivity index (χ3v) is 4.51. The quantitative estimate of drug-likeness (QED) is 0.729. The molecule has 1 rings (SSSR count). The zero-order valence-corrected chi connectivity index (χ0v) is 11.2. The Kier molecular flexibility index (Phi) is 6.49. The van der Waals surface area contributed by atoms with Gasteiger partial charge in [0, 0.05) is 35.7 Å². The van der Waals surface area contributed by atoms with Crippen molar-refractivity contribution in [1.82, 2.24) is 4.90 Å². The Bertz CT molecular complexity index is 226. The van der Waals surface area contributed by atoms with Gasteiger partial charge in [-0.3, -0.25) is 9.11 Å². The summed E-state index contributed by atoms with van der Waals surface area (Å²) in [4.78, 5) is 2.34. The van der Waals surface area contributed by atoms with Crippen LogP contribution < -0.4 is 5.73 Å². The van der Waals surface area contributed by atoms with Crippen LogP contribution in [0.3, 0.4) is 0 Å². The monoisotopic (exact) mass is 248 g/mol. The molecule has 1 aliphatic heterocycles. The Morgan fingerprint density at radius 1 is 1.56 bits per heavy atom. The van der Waals surface area contributed by atoms with Crippen molar-refractivity contribution >= 4 is 10.8 Å². The van der Waals surface area contributed by atoms with Gasteiger partial charge in [-0.25, -0.2) is 0 Å². The van der Waals surface area contributed by atoms with Crippen LogP contribution in [0.1, 0.15) is 20.3 Å². The highest BCUT2D eigenvalue weighted by atomic mass is 32.2. The molecule has 1 fully saturated rings. The topological polar surface area (TPSA) is 55.6 Å². The second-order valence-corrected chi connectivity index (χ2v) is 5.87. The molecular weight excluding hydrogens is 224 g/mol. The summed E-state index contributed by atoms with van der Waals surface area (Å²) in [5, 5.41) is 0. The van der Waals surface area contributed by atoms with Gasteiger partial charge in [-0.2, -0.15) is 0 Å². The molecule has 0 radical (unpaired) electrons. The summed E-state index contributed by atoms with van der Waals surface area (Å²) < 4.78 is 17.4. The normalized spacial score (nSPS) is 26.6. The molecule has 1 saturated heterocycles. The molecule has 0 aromatic carbocycles.